The van der Waals surface area contributed by atoms with E-state index in [0.717, 1.165) is 47.8 Å². The molecule has 0 bridgehead atoms. The summed E-state index contributed by atoms with van der Waals surface area (Å²) in [5, 5.41) is 3.22. The fourth-order valence-electron chi connectivity index (χ4n) is 3.64. The van der Waals surface area contributed by atoms with Crippen LogP contribution in [0.2, 0.25) is 0 Å². The zero-order valence-corrected chi connectivity index (χ0v) is 17.3. The first kappa shape index (κ1) is 20.5. The molecule has 9 nitrogen and oxygen atoms in total. The molecule has 1 aliphatic carbocycles. The number of pyridine rings is 1. The Labute approximate surface area is 178 Å². The first-order valence-corrected chi connectivity index (χ1v) is 9.93. The van der Waals surface area contributed by atoms with Gasteiger partial charge in [0.2, 0.25) is 17.7 Å². The Kier molecular flexibility index (Phi) is 5.92. The molecule has 0 fully saturated rings. The van der Waals surface area contributed by atoms with Crippen molar-refractivity contribution in [3.05, 3.63) is 47.2 Å². The molecule has 31 heavy (non-hydrogen) atoms. The minimum Gasteiger partial charge on any atom is -0.481 e. The Bertz CT molecular complexity index is 1130. The van der Waals surface area contributed by atoms with Crippen LogP contribution in [0, 0.1) is 0 Å². The van der Waals surface area contributed by atoms with Gasteiger partial charge in [-0.1, -0.05) is 18.2 Å². The molecule has 1 N–H and O–H groups in total. The number of hydrogen-bond acceptors (Lipinski definition) is 8. The molecule has 2 heterocycles. The third-order valence-corrected chi connectivity index (χ3v) is 5.06. The smallest absolute Gasteiger partial charge is 0.339 e. The van der Waals surface area contributed by atoms with E-state index < -0.39 is 18.5 Å². The molecule has 0 aliphatic heterocycles. The maximum absolute atomic E-state index is 13.0. The monoisotopic (exact) mass is 422 g/mol. The van der Waals surface area contributed by atoms with E-state index in [1.165, 1.54) is 20.3 Å². The van der Waals surface area contributed by atoms with Crippen molar-refractivity contribution < 1.29 is 23.8 Å². The SMILES string of the molecule is COc1cc(OC)nc(NC(=O)COC(=O)c2c3c(nc4ccccc24)CCCC3)n1. The van der Waals surface area contributed by atoms with Crippen LogP contribution in [0.4, 0.5) is 5.95 Å². The second-order valence-corrected chi connectivity index (χ2v) is 7.04. The molecule has 0 saturated heterocycles. The van der Waals surface area contributed by atoms with E-state index in [4.69, 9.17) is 19.2 Å². The lowest BCUT2D eigenvalue weighted by Crippen LogP contribution is -2.23. The topological polar surface area (TPSA) is 113 Å². The number of carbonyl (C=O) groups is 2. The highest BCUT2D eigenvalue weighted by Gasteiger charge is 2.24. The summed E-state index contributed by atoms with van der Waals surface area (Å²) in [6.07, 6.45) is 3.62. The quantitative estimate of drug-likeness (QED) is 0.604. The first-order valence-electron chi connectivity index (χ1n) is 9.93. The lowest BCUT2D eigenvalue weighted by atomic mass is 9.90. The highest BCUT2D eigenvalue weighted by molar-refractivity contribution is 6.06. The number of anilines is 1. The lowest BCUT2D eigenvalue weighted by molar-refractivity contribution is -0.119. The third-order valence-electron chi connectivity index (χ3n) is 5.06. The summed E-state index contributed by atoms with van der Waals surface area (Å²) in [5.74, 6) is -0.668. The van der Waals surface area contributed by atoms with Crippen LogP contribution in [-0.4, -0.2) is 47.7 Å². The maximum atomic E-state index is 13.0. The van der Waals surface area contributed by atoms with Crippen LogP contribution in [0.3, 0.4) is 0 Å². The van der Waals surface area contributed by atoms with E-state index in [2.05, 4.69) is 15.3 Å². The highest BCUT2D eigenvalue weighted by atomic mass is 16.5. The van der Waals surface area contributed by atoms with Gasteiger partial charge < -0.3 is 14.2 Å². The van der Waals surface area contributed by atoms with Crippen molar-refractivity contribution in [3.63, 3.8) is 0 Å². The van der Waals surface area contributed by atoms with Gasteiger partial charge in [0, 0.05) is 11.1 Å². The number of hydrogen-bond donors (Lipinski definition) is 1. The molecule has 0 unspecified atom stereocenters. The van der Waals surface area contributed by atoms with E-state index in [9.17, 15) is 9.59 Å². The van der Waals surface area contributed by atoms with Crippen LogP contribution in [0.5, 0.6) is 11.8 Å². The molecule has 1 amide bonds. The van der Waals surface area contributed by atoms with Crippen molar-refractivity contribution in [2.24, 2.45) is 0 Å². The minimum atomic E-state index is -0.573. The molecule has 4 rings (SSSR count). The van der Waals surface area contributed by atoms with Crippen molar-refractivity contribution >= 4 is 28.7 Å². The van der Waals surface area contributed by atoms with Gasteiger partial charge in [0.05, 0.1) is 31.4 Å². The second kappa shape index (κ2) is 8.95. The minimum absolute atomic E-state index is 0.0102. The van der Waals surface area contributed by atoms with Gasteiger partial charge in [0.15, 0.2) is 6.61 Å². The number of nitrogens with zero attached hydrogens (tertiary/aromatic N) is 3. The predicted molar refractivity (Wildman–Crippen MR) is 112 cm³/mol. The zero-order valence-electron chi connectivity index (χ0n) is 17.3. The van der Waals surface area contributed by atoms with Crippen molar-refractivity contribution in [1.29, 1.82) is 0 Å². The average Bonchev–Trinajstić information content (AvgIpc) is 2.80. The third kappa shape index (κ3) is 4.40. The zero-order chi connectivity index (χ0) is 21.8. The first-order chi connectivity index (χ1) is 15.1. The Morgan fingerprint density at radius 3 is 2.45 bits per heavy atom. The number of aryl methyl sites for hydroxylation is 1. The van der Waals surface area contributed by atoms with E-state index >= 15 is 0 Å². The van der Waals surface area contributed by atoms with E-state index in [0.29, 0.717) is 5.56 Å². The van der Waals surface area contributed by atoms with Gasteiger partial charge in [0.25, 0.3) is 5.91 Å². The molecule has 160 valence electrons. The van der Waals surface area contributed by atoms with Crippen molar-refractivity contribution in [2.45, 2.75) is 25.7 Å². The standard InChI is InChI=1S/C22H22N4O5/c1-29-18-11-19(30-2)26-22(25-18)24-17(27)12-31-21(28)20-13-7-3-5-9-15(13)23-16-10-6-4-8-14(16)20/h3,5,7,9,11H,4,6,8,10,12H2,1-2H3,(H,24,25,26,27). The summed E-state index contributed by atoms with van der Waals surface area (Å²) in [6.45, 7) is -0.479. The van der Waals surface area contributed by atoms with Crippen molar-refractivity contribution in [3.8, 4) is 11.8 Å². The number of benzene rings is 1. The molecule has 0 spiro atoms. The molecular formula is C22H22N4O5. The Hall–Kier alpha value is -3.75. The summed E-state index contributed by atoms with van der Waals surface area (Å²) in [6, 6.07) is 8.95. The van der Waals surface area contributed by atoms with Gasteiger partial charge in [-0.2, -0.15) is 9.97 Å². The van der Waals surface area contributed by atoms with Crippen molar-refractivity contribution in [1.82, 2.24) is 15.0 Å². The van der Waals surface area contributed by atoms with Crippen LogP contribution >= 0.6 is 0 Å². The number of para-hydroxylation sites is 1. The number of ether oxygens (including phenoxy) is 3. The Balaban J connectivity index is 1.52. The normalized spacial score (nSPS) is 12.7. The van der Waals surface area contributed by atoms with Crippen LogP contribution in [0.15, 0.2) is 30.3 Å². The van der Waals surface area contributed by atoms with E-state index in [1.807, 2.05) is 24.3 Å². The lowest BCUT2D eigenvalue weighted by Gasteiger charge is -2.19. The average molecular weight is 422 g/mol. The van der Waals surface area contributed by atoms with Crippen LogP contribution < -0.4 is 14.8 Å². The maximum Gasteiger partial charge on any atom is 0.339 e. The van der Waals surface area contributed by atoms with Gasteiger partial charge in [-0.3, -0.25) is 15.1 Å². The molecule has 3 aromatic rings. The molecule has 1 aliphatic rings. The van der Waals surface area contributed by atoms with Gasteiger partial charge >= 0.3 is 5.97 Å². The Morgan fingerprint density at radius 2 is 1.71 bits per heavy atom. The van der Waals surface area contributed by atoms with Gasteiger partial charge in [0.1, 0.15) is 0 Å². The number of esters is 1. The summed E-state index contributed by atoms with van der Waals surface area (Å²) in [4.78, 5) is 38.1. The van der Waals surface area contributed by atoms with E-state index in [1.54, 1.807) is 0 Å². The molecule has 0 atom stereocenters. The summed E-state index contributed by atoms with van der Waals surface area (Å²) < 4.78 is 15.5. The number of fused-ring (bicyclic) bond motifs is 2. The summed E-state index contributed by atoms with van der Waals surface area (Å²) in [5.41, 5.74) is 3.08. The van der Waals surface area contributed by atoms with Gasteiger partial charge in [-0.25, -0.2) is 4.79 Å². The molecule has 9 heteroatoms. The fourth-order valence-corrected chi connectivity index (χ4v) is 3.64. The number of rotatable bonds is 6. The number of nitrogens with one attached hydrogen (secondary N) is 1. The van der Waals surface area contributed by atoms with Crippen molar-refractivity contribution in [2.75, 3.05) is 26.1 Å². The second-order valence-electron chi connectivity index (χ2n) is 7.04. The molecular weight excluding hydrogens is 400 g/mol. The predicted octanol–water partition coefficient (Wildman–Crippen LogP) is 2.72. The molecule has 0 radical (unpaired) electrons. The number of methoxy groups -OCH3 is 2. The number of amides is 1. The van der Waals surface area contributed by atoms with E-state index in [-0.39, 0.29) is 17.7 Å². The number of carbonyl (C=O) groups excluding carboxylic acids is 2. The van der Waals surface area contributed by atoms with Gasteiger partial charge in [-0.15, -0.1) is 0 Å². The van der Waals surface area contributed by atoms with Crippen LogP contribution in [-0.2, 0) is 22.4 Å². The van der Waals surface area contributed by atoms with Crippen LogP contribution in [0.1, 0.15) is 34.5 Å². The molecule has 1 aromatic carbocycles. The fraction of sp³-hybridized carbons (Fsp3) is 0.318. The molecule has 0 saturated carbocycles. The summed E-state index contributed by atoms with van der Waals surface area (Å²) in [7, 11) is 2.88. The largest absolute Gasteiger partial charge is 0.481 e. The van der Waals surface area contributed by atoms with Crippen LogP contribution in [0.25, 0.3) is 10.9 Å². The Morgan fingerprint density at radius 1 is 1.00 bits per heavy atom. The summed E-state index contributed by atoms with van der Waals surface area (Å²) >= 11 is 0. The van der Waals surface area contributed by atoms with Gasteiger partial charge in [-0.05, 0) is 37.3 Å². The molecule has 2 aromatic heterocycles. The number of aromatic nitrogens is 3. The highest BCUT2D eigenvalue weighted by Crippen LogP contribution is 2.29.